The van der Waals surface area contributed by atoms with Crippen LogP contribution in [-0.4, -0.2) is 42.5 Å². The van der Waals surface area contributed by atoms with Crippen LogP contribution in [0.4, 0.5) is 0 Å². The maximum atomic E-state index is 13.3. The summed E-state index contributed by atoms with van der Waals surface area (Å²) >= 11 is 0. The first kappa shape index (κ1) is 21.4. The number of nitrogens with zero attached hydrogens (tertiary/aromatic N) is 1. The van der Waals surface area contributed by atoms with E-state index in [2.05, 4.69) is 17.4 Å². The molecule has 0 radical (unpaired) electrons. The third-order valence-corrected chi connectivity index (χ3v) is 6.75. The Labute approximate surface area is 184 Å². The number of hydrogen-bond donors (Lipinski definition) is 1. The minimum Gasteiger partial charge on any atom is -0.497 e. The number of carbonyl (C=O) groups is 2. The number of hydrogen-bond acceptors (Lipinski definition) is 3. The van der Waals surface area contributed by atoms with E-state index in [-0.39, 0.29) is 23.9 Å². The summed E-state index contributed by atoms with van der Waals surface area (Å²) in [7, 11) is 1.66. The highest BCUT2D eigenvalue weighted by Gasteiger charge is 2.47. The van der Waals surface area contributed by atoms with Crippen LogP contribution in [0.15, 0.2) is 54.6 Å². The maximum absolute atomic E-state index is 13.3. The Bertz CT molecular complexity index is 881. The molecule has 31 heavy (non-hydrogen) atoms. The van der Waals surface area contributed by atoms with Gasteiger partial charge in [-0.2, -0.15) is 0 Å². The molecule has 2 aromatic carbocycles. The molecule has 2 aliphatic rings. The van der Waals surface area contributed by atoms with E-state index in [4.69, 9.17) is 4.74 Å². The standard InChI is InChI=1S/C26H32N2O3/c1-31-22-15-13-19(14-16-22)8-7-17-27-25(29)24-18-21-11-5-6-12-23(21)28(24)26(30)20-9-3-2-4-10-20/h2-4,9-10,13-16,21,23-24H,5-8,11-12,17-18H2,1H3,(H,27,29). The second kappa shape index (κ2) is 9.99. The third-order valence-electron chi connectivity index (χ3n) is 6.75. The molecule has 4 rings (SSSR count). The number of methoxy groups -OCH3 is 1. The molecule has 1 N–H and O–H groups in total. The van der Waals surface area contributed by atoms with Crippen molar-refractivity contribution in [3.8, 4) is 5.75 Å². The van der Waals surface area contributed by atoms with Crippen LogP contribution in [0.3, 0.4) is 0 Å². The van der Waals surface area contributed by atoms with Crippen molar-refractivity contribution in [3.63, 3.8) is 0 Å². The highest BCUT2D eigenvalue weighted by atomic mass is 16.5. The number of fused-ring (bicyclic) bond motifs is 1. The molecule has 2 amide bonds. The van der Waals surface area contributed by atoms with Crippen molar-refractivity contribution in [2.45, 2.75) is 57.0 Å². The van der Waals surface area contributed by atoms with Gasteiger partial charge in [-0.15, -0.1) is 0 Å². The number of amides is 2. The van der Waals surface area contributed by atoms with E-state index in [1.54, 1.807) is 7.11 Å². The largest absolute Gasteiger partial charge is 0.497 e. The Balaban J connectivity index is 1.37. The predicted octanol–water partition coefficient (Wildman–Crippen LogP) is 4.22. The first-order chi connectivity index (χ1) is 15.2. The van der Waals surface area contributed by atoms with Crippen LogP contribution in [0.5, 0.6) is 5.75 Å². The molecule has 3 atom stereocenters. The Morgan fingerprint density at radius 3 is 2.52 bits per heavy atom. The highest BCUT2D eigenvalue weighted by molar-refractivity contribution is 5.98. The summed E-state index contributed by atoms with van der Waals surface area (Å²) in [5.41, 5.74) is 1.90. The molecule has 1 aliphatic carbocycles. The van der Waals surface area contributed by atoms with E-state index in [0.29, 0.717) is 18.0 Å². The molecule has 3 unspecified atom stereocenters. The number of rotatable bonds is 7. The molecule has 164 valence electrons. The highest BCUT2D eigenvalue weighted by Crippen LogP contribution is 2.40. The van der Waals surface area contributed by atoms with Gasteiger partial charge in [0.05, 0.1) is 7.11 Å². The second-order valence-electron chi connectivity index (χ2n) is 8.68. The lowest BCUT2D eigenvalue weighted by atomic mass is 9.84. The lowest BCUT2D eigenvalue weighted by Crippen LogP contribution is -2.49. The molecular weight excluding hydrogens is 388 g/mol. The van der Waals surface area contributed by atoms with Crippen molar-refractivity contribution >= 4 is 11.8 Å². The summed E-state index contributed by atoms with van der Waals surface area (Å²) < 4.78 is 5.20. The van der Waals surface area contributed by atoms with Crippen LogP contribution in [-0.2, 0) is 11.2 Å². The number of benzene rings is 2. The molecule has 1 heterocycles. The summed E-state index contributed by atoms with van der Waals surface area (Å²) in [4.78, 5) is 28.3. The first-order valence-electron chi connectivity index (χ1n) is 11.5. The van der Waals surface area contributed by atoms with Gasteiger partial charge in [0.15, 0.2) is 0 Å². The van der Waals surface area contributed by atoms with Crippen LogP contribution in [0.25, 0.3) is 0 Å². The van der Waals surface area contributed by atoms with Gasteiger partial charge in [0.2, 0.25) is 5.91 Å². The van der Waals surface area contributed by atoms with E-state index in [1.807, 2.05) is 47.4 Å². The van der Waals surface area contributed by atoms with Gasteiger partial charge < -0.3 is 15.0 Å². The van der Waals surface area contributed by atoms with Crippen molar-refractivity contribution in [3.05, 3.63) is 65.7 Å². The number of likely N-dealkylation sites (tertiary alicyclic amines) is 1. The zero-order chi connectivity index (χ0) is 21.6. The molecule has 1 saturated heterocycles. The molecular formula is C26H32N2O3. The van der Waals surface area contributed by atoms with Crippen LogP contribution in [0.1, 0.15) is 54.4 Å². The van der Waals surface area contributed by atoms with Crippen LogP contribution < -0.4 is 10.1 Å². The molecule has 0 spiro atoms. The average molecular weight is 421 g/mol. The van der Waals surface area contributed by atoms with Gasteiger partial charge in [-0.3, -0.25) is 9.59 Å². The number of nitrogens with one attached hydrogen (secondary N) is 1. The Kier molecular flexibility index (Phi) is 6.90. The fraction of sp³-hybridized carbons (Fsp3) is 0.462. The van der Waals surface area contributed by atoms with Gasteiger partial charge in [0.25, 0.3) is 5.91 Å². The van der Waals surface area contributed by atoms with E-state index in [0.717, 1.165) is 44.3 Å². The zero-order valence-corrected chi connectivity index (χ0v) is 18.3. The predicted molar refractivity (Wildman–Crippen MR) is 121 cm³/mol. The molecule has 5 heteroatoms. The van der Waals surface area contributed by atoms with Crippen molar-refractivity contribution in [2.75, 3.05) is 13.7 Å². The molecule has 5 nitrogen and oxygen atoms in total. The van der Waals surface area contributed by atoms with Gasteiger partial charge >= 0.3 is 0 Å². The van der Waals surface area contributed by atoms with E-state index < -0.39 is 0 Å². The van der Waals surface area contributed by atoms with Gasteiger partial charge in [-0.25, -0.2) is 0 Å². The second-order valence-corrected chi connectivity index (χ2v) is 8.68. The zero-order valence-electron chi connectivity index (χ0n) is 18.3. The van der Waals surface area contributed by atoms with Crippen LogP contribution in [0, 0.1) is 5.92 Å². The van der Waals surface area contributed by atoms with Crippen molar-refractivity contribution in [2.24, 2.45) is 5.92 Å². The normalized spacial score (nSPS) is 22.6. The van der Waals surface area contributed by atoms with Crippen LogP contribution >= 0.6 is 0 Å². The Hall–Kier alpha value is -2.82. The molecule has 0 bridgehead atoms. The molecule has 2 fully saturated rings. The fourth-order valence-corrected chi connectivity index (χ4v) is 5.13. The van der Waals surface area contributed by atoms with Gasteiger partial charge in [0, 0.05) is 18.2 Å². The lowest BCUT2D eigenvalue weighted by molar-refractivity contribution is -0.125. The summed E-state index contributed by atoms with van der Waals surface area (Å²) in [6, 6.07) is 17.2. The number of ether oxygens (including phenoxy) is 1. The summed E-state index contributed by atoms with van der Waals surface area (Å²) in [5.74, 6) is 1.28. The van der Waals surface area contributed by atoms with Crippen molar-refractivity contribution in [1.29, 1.82) is 0 Å². The third kappa shape index (κ3) is 4.92. The van der Waals surface area contributed by atoms with Gasteiger partial charge in [-0.05, 0) is 67.9 Å². The van der Waals surface area contributed by atoms with E-state index in [9.17, 15) is 9.59 Å². The quantitative estimate of drug-likeness (QED) is 0.683. The fourth-order valence-electron chi connectivity index (χ4n) is 5.13. The minimum absolute atomic E-state index is 0.00610. The Morgan fingerprint density at radius 2 is 1.77 bits per heavy atom. The van der Waals surface area contributed by atoms with Crippen molar-refractivity contribution in [1.82, 2.24) is 10.2 Å². The molecule has 1 aliphatic heterocycles. The molecule has 0 aromatic heterocycles. The van der Waals surface area contributed by atoms with Crippen molar-refractivity contribution < 1.29 is 14.3 Å². The molecule has 1 saturated carbocycles. The van der Waals surface area contributed by atoms with E-state index >= 15 is 0 Å². The lowest BCUT2D eigenvalue weighted by Gasteiger charge is -2.33. The summed E-state index contributed by atoms with van der Waals surface area (Å²) in [6.07, 6.45) is 7.00. The summed E-state index contributed by atoms with van der Waals surface area (Å²) in [5, 5.41) is 3.11. The van der Waals surface area contributed by atoms with Gasteiger partial charge in [-0.1, -0.05) is 43.2 Å². The minimum atomic E-state index is -0.359. The average Bonchev–Trinajstić information content (AvgIpc) is 3.22. The summed E-state index contributed by atoms with van der Waals surface area (Å²) in [6.45, 7) is 0.615. The maximum Gasteiger partial charge on any atom is 0.254 e. The topological polar surface area (TPSA) is 58.6 Å². The Morgan fingerprint density at radius 1 is 1.03 bits per heavy atom. The number of aryl methyl sites for hydroxylation is 1. The SMILES string of the molecule is COc1ccc(CCCNC(=O)C2CC3CCCCC3N2C(=O)c2ccccc2)cc1. The van der Waals surface area contributed by atoms with E-state index in [1.165, 1.54) is 12.0 Å². The number of carbonyl (C=O) groups excluding carboxylic acids is 2. The smallest absolute Gasteiger partial charge is 0.254 e. The molecule has 2 aromatic rings. The first-order valence-corrected chi connectivity index (χ1v) is 11.5. The van der Waals surface area contributed by atoms with Gasteiger partial charge in [0.1, 0.15) is 11.8 Å². The monoisotopic (exact) mass is 420 g/mol. The van der Waals surface area contributed by atoms with Crippen LogP contribution in [0.2, 0.25) is 0 Å².